The van der Waals surface area contributed by atoms with Crippen LogP contribution in [0, 0.1) is 23.7 Å². The summed E-state index contributed by atoms with van der Waals surface area (Å²) in [4.78, 5) is 28.7. The van der Waals surface area contributed by atoms with Crippen molar-refractivity contribution in [3.05, 3.63) is 41.5 Å². The number of imide groups is 1. The largest absolute Gasteiger partial charge is 0.274 e. The van der Waals surface area contributed by atoms with Crippen molar-refractivity contribution in [3.63, 3.8) is 0 Å². The number of hydrogen-bond donors (Lipinski definition) is 0. The summed E-state index contributed by atoms with van der Waals surface area (Å²) in [6.07, 6.45) is 11.9. The van der Waals surface area contributed by atoms with Gasteiger partial charge in [0, 0.05) is 0 Å². The molecule has 2 amide bonds. The Morgan fingerprint density at radius 2 is 1.19 bits per heavy atom. The molecule has 2 saturated carbocycles. The number of rotatable bonds is 1. The quantitative estimate of drug-likeness (QED) is 0.504. The summed E-state index contributed by atoms with van der Waals surface area (Å²) in [5, 5.41) is 0. The first-order chi connectivity index (χ1) is 13.3. The molecule has 0 N–H and O–H groups in total. The second kappa shape index (κ2) is 6.92. The van der Waals surface area contributed by atoms with Crippen LogP contribution in [-0.4, -0.2) is 11.8 Å². The third-order valence-electron chi connectivity index (χ3n) is 7.51. The van der Waals surface area contributed by atoms with Gasteiger partial charge in [-0.3, -0.25) is 14.5 Å². The molecule has 4 atom stereocenters. The van der Waals surface area contributed by atoms with E-state index in [4.69, 9.17) is 0 Å². The van der Waals surface area contributed by atoms with E-state index in [1.54, 1.807) is 11.1 Å². The fraction of sp³-hybridized carbons (Fsp3) is 0.583. The highest BCUT2D eigenvalue weighted by atomic mass is 16.2. The molecule has 1 heterocycles. The monoisotopic (exact) mass is 363 g/mol. The lowest BCUT2D eigenvalue weighted by atomic mass is 9.62. The number of carbonyl (C=O) groups excluding carboxylic acids is 2. The fourth-order valence-corrected chi connectivity index (χ4v) is 6.41. The Labute approximate surface area is 161 Å². The van der Waals surface area contributed by atoms with Gasteiger partial charge in [0.1, 0.15) is 0 Å². The molecule has 4 aliphatic rings. The lowest BCUT2D eigenvalue weighted by molar-refractivity contribution is -0.123. The SMILES string of the molecule is O=C1C2C3CCCCCC3=C3CCCCCC3C2C(=O)N1c1ccccc1. The van der Waals surface area contributed by atoms with Crippen molar-refractivity contribution >= 4 is 17.5 Å². The number of hydrogen-bond acceptors (Lipinski definition) is 2. The number of fused-ring (bicyclic) bond motifs is 5. The molecular formula is C24H29NO2. The summed E-state index contributed by atoms with van der Waals surface area (Å²) in [6.45, 7) is 0. The van der Waals surface area contributed by atoms with Gasteiger partial charge in [-0.2, -0.15) is 0 Å². The molecule has 0 bridgehead atoms. The van der Waals surface area contributed by atoms with E-state index in [-0.39, 0.29) is 23.7 Å². The van der Waals surface area contributed by atoms with Crippen LogP contribution in [0.4, 0.5) is 5.69 Å². The maximum atomic E-state index is 13.6. The van der Waals surface area contributed by atoms with Crippen LogP contribution in [-0.2, 0) is 9.59 Å². The first-order valence-corrected chi connectivity index (χ1v) is 10.9. The average molecular weight is 364 g/mol. The molecule has 27 heavy (non-hydrogen) atoms. The zero-order valence-electron chi connectivity index (χ0n) is 16.0. The van der Waals surface area contributed by atoms with Crippen molar-refractivity contribution in [2.75, 3.05) is 4.90 Å². The molecule has 3 fully saturated rings. The van der Waals surface area contributed by atoms with Crippen LogP contribution in [0.5, 0.6) is 0 Å². The molecule has 3 heteroatoms. The Bertz CT molecular complexity index is 735. The van der Waals surface area contributed by atoms with Crippen molar-refractivity contribution in [3.8, 4) is 0 Å². The van der Waals surface area contributed by atoms with Gasteiger partial charge >= 0.3 is 0 Å². The number of para-hydroxylation sites is 1. The molecule has 1 aliphatic heterocycles. The zero-order chi connectivity index (χ0) is 18.4. The molecular weight excluding hydrogens is 334 g/mol. The molecule has 1 saturated heterocycles. The van der Waals surface area contributed by atoms with Gasteiger partial charge in [0.25, 0.3) is 0 Å². The van der Waals surface area contributed by atoms with Crippen LogP contribution in [0.3, 0.4) is 0 Å². The van der Waals surface area contributed by atoms with Gasteiger partial charge < -0.3 is 0 Å². The van der Waals surface area contributed by atoms with Crippen LogP contribution >= 0.6 is 0 Å². The van der Waals surface area contributed by atoms with E-state index in [1.165, 1.54) is 43.4 Å². The normalized spacial score (nSPS) is 33.9. The number of benzene rings is 1. The maximum Gasteiger partial charge on any atom is 0.238 e. The van der Waals surface area contributed by atoms with Crippen LogP contribution in [0.25, 0.3) is 0 Å². The van der Waals surface area contributed by atoms with E-state index in [1.807, 2.05) is 30.3 Å². The maximum absolute atomic E-state index is 13.6. The second-order valence-corrected chi connectivity index (χ2v) is 8.86. The molecule has 0 radical (unpaired) electrons. The number of anilines is 1. The predicted molar refractivity (Wildman–Crippen MR) is 106 cm³/mol. The van der Waals surface area contributed by atoms with E-state index < -0.39 is 0 Å². The molecule has 0 aromatic heterocycles. The van der Waals surface area contributed by atoms with E-state index in [9.17, 15) is 9.59 Å². The van der Waals surface area contributed by atoms with E-state index in [2.05, 4.69) is 0 Å². The Hall–Kier alpha value is -1.90. The summed E-state index contributed by atoms with van der Waals surface area (Å²) in [7, 11) is 0. The second-order valence-electron chi connectivity index (χ2n) is 8.86. The van der Waals surface area contributed by atoms with E-state index in [0.717, 1.165) is 31.4 Å². The van der Waals surface area contributed by atoms with E-state index >= 15 is 0 Å². The van der Waals surface area contributed by atoms with Crippen LogP contribution < -0.4 is 4.90 Å². The van der Waals surface area contributed by atoms with Crippen LogP contribution in [0.1, 0.15) is 64.2 Å². The average Bonchev–Trinajstić information content (AvgIpc) is 2.95. The smallest absolute Gasteiger partial charge is 0.238 e. The lowest BCUT2D eigenvalue weighted by Gasteiger charge is -2.39. The highest BCUT2D eigenvalue weighted by Crippen LogP contribution is 2.55. The number of nitrogens with zero attached hydrogens (tertiary/aromatic N) is 1. The summed E-state index contributed by atoms with van der Waals surface area (Å²) in [5.74, 6) is 0.544. The molecule has 0 spiro atoms. The predicted octanol–water partition coefficient (Wildman–Crippen LogP) is 5.26. The third-order valence-corrected chi connectivity index (χ3v) is 7.51. The van der Waals surface area contributed by atoms with Crippen molar-refractivity contribution in [1.29, 1.82) is 0 Å². The van der Waals surface area contributed by atoms with Crippen LogP contribution in [0.15, 0.2) is 41.5 Å². The van der Waals surface area contributed by atoms with Crippen molar-refractivity contribution < 1.29 is 9.59 Å². The Morgan fingerprint density at radius 3 is 1.70 bits per heavy atom. The Balaban J connectivity index is 1.62. The molecule has 3 nitrogen and oxygen atoms in total. The Morgan fingerprint density at radius 1 is 0.667 bits per heavy atom. The van der Waals surface area contributed by atoms with Gasteiger partial charge in [0.05, 0.1) is 17.5 Å². The fourth-order valence-electron chi connectivity index (χ4n) is 6.41. The van der Waals surface area contributed by atoms with Crippen molar-refractivity contribution in [2.24, 2.45) is 23.7 Å². The molecule has 3 aliphatic carbocycles. The molecule has 4 unspecified atom stereocenters. The first kappa shape index (κ1) is 17.2. The van der Waals surface area contributed by atoms with Gasteiger partial charge in [0.15, 0.2) is 0 Å². The highest BCUT2D eigenvalue weighted by molar-refractivity contribution is 6.22. The molecule has 142 valence electrons. The molecule has 1 aromatic rings. The van der Waals surface area contributed by atoms with Gasteiger partial charge in [0.2, 0.25) is 11.8 Å². The minimum Gasteiger partial charge on any atom is -0.274 e. The highest BCUT2D eigenvalue weighted by Gasteiger charge is 2.57. The van der Waals surface area contributed by atoms with Gasteiger partial charge in [-0.15, -0.1) is 0 Å². The standard InChI is InChI=1S/C24H29NO2/c26-23-21-19-14-8-2-6-12-17(19)18-13-7-3-9-15-20(18)22(21)24(27)25(23)16-10-4-1-5-11-16/h1,4-5,10-11,19-22H,2-3,6-9,12-15H2. The topological polar surface area (TPSA) is 37.4 Å². The third kappa shape index (κ3) is 2.69. The minimum absolute atomic E-state index is 0.0731. The Kier molecular flexibility index (Phi) is 4.41. The number of carbonyl (C=O) groups is 2. The van der Waals surface area contributed by atoms with Gasteiger partial charge in [-0.05, 0) is 62.5 Å². The summed E-state index contributed by atoms with van der Waals surface area (Å²) < 4.78 is 0. The molecule has 1 aromatic carbocycles. The van der Waals surface area contributed by atoms with Crippen molar-refractivity contribution in [2.45, 2.75) is 64.2 Å². The minimum atomic E-state index is -0.113. The van der Waals surface area contributed by atoms with E-state index in [0.29, 0.717) is 11.8 Å². The number of amides is 2. The van der Waals surface area contributed by atoms with Gasteiger partial charge in [-0.1, -0.05) is 55.0 Å². The summed E-state index contributed by atoms with van der Waals surface area (Å²) in [6, 6.07) is 9.59. The molecule has 5 rings (SSSR count). The van der Waals surface area contributed by atoms with Crippen LogP contribution in [0.2, 0.25) is 0 Å². The zero-order valence-corrected chi connectivity index (χ0v) is 16.0. The first-order valence-electron chi connectivity index (χ1n) is 10.9. The summed E-state index contributed by atoms with van der Waals surface area (Å²) in [5.41, 5.74) is 3.95. The lowest BCUT2D eigenvalue weighted by Crippen LogP contribution is -2.38. The summed E-state index contributed by atoms with van der Waals surface area (Å²) >= 11 is 0. The van der Waals surface area contributed by atoms with Crippen molar-refractivity contribution in [1.82, 2.24) is 0 Å². The van der Waals surface area contributed by atoms with Gasteiger partial charge in [-0.25, -0.2) is 0 Å². The number of allylic oxidation sites excluding steroid dienone is 2.